The van der Waals surface area contributed by atoms with E-state index in [-0.39, 0.29) is 12.8 Å². The van der Waals surface area contributed by atoms with Gasteiger partial charge in [0.2, 0.25) is 0 Å². The van der Waals surface area contributed by atoms with Gasteiger partial charge in [0.25, 0.3) is 5.79 Å². The van der Waals surface area contributed by atoms with E-state index in [0.29, 0.717) is 12.8 Å². The van der Waals surface area contributed by atoms with Gasteiger partial charge in [-0.05, 0) is 38.5 Å². The summed E-state index contributed by atoms with van der Waals surface area (Å²) < 4.78 is 4.72. The maximum absolute atomic E-state index is 12.1. The van der Waals surface area contributed by atoms with Crippen LogP contribution in [0.1, 0.15) is 200 Å². The van der Waals surface area contributed by atoms with E-state index in [2.05, 4.69) is 26.0 Å². The van der Waals surface area contributed by atoms with Gasteiger partial charge < -0.3 is 14.9 Å². The minimum absolute atomic E-state index is 0.0927. The number of hydrogen-bond acceptors (Lipinski definition) is 5. The lowest BCUT2D eigenvalue weighted by Gasteiger charge is -2.18. The first-order chi connectivity index (χ1) is 19.9. The zero-order valence-corrected chi connectivity index (χ0v) is 27.3. The molecule has 0 spiro atoms. The molecule has 0 heterocycles. The Morgan fingerprint density at radius 2 is 0.854 bits per heavy atom. The van der Waals surface area contributed by atoms with Crippen LogP contribution in [0.2, 0.25) is 0 Å². The summed E-state index contributed by atoms with van der Waals surface area (Å²) in [6.07, 6.45) is 36.7. The van der Waals surface area contributed by atoms with Crippen LogP contribution in [-0.4, -0.2) is 27.9 Å². The lowest BCUT2D eigenvalue weighted by molar-refractivity contribution is -0.212. The lowest BCUT2D eigenvalue weighted by atomic mass is 10.0. The number of carbonyl (C=O) groups is 2. The van der Waals surface area contributed by atoms with Crippen LogP contribution in [0.3, 0.4) is 0 Å². The van der Waals surface area contributed by atoms with E-state index in [1.165, 1.54) is 109 Å². The Hall–Kier alpha value is -1.20. The van der Waals surface area contributed by atoms with Crippen LogP contribution >= 0.6 is 0 Å². The van der Waals surface area contributed by atoms with Crippen molar-refractivity contribution in [3.63, 3.8) is 0 Å². The van der Waals surface area contributed by atoms with Crippen molar-refractivity contribution in [2.24, 2.45) is 0 Å². The van der Waals surface area contributed by atoms with Gasteiger partial charge in [0, 0.05) is 12.8 Å². The van der Waals surface area contributed by atoms with Gasteiger partial charge >= 0.3 is 11.9 Å². The number of rotatable bonds is 31. The minimum atomic E-state index is -2.57. The first-order valence-corrected chi connectivity index (χ1v) is 17.8. The maximum atomic E-state index is 12.1. The van der Waals surface area contributed by atoms with Crippen molar-refractivity contribution in [1.82, 2.24) is 0 Å². The van der Waals surface area contributed by atoms with Gasteiger partial charge in [0.1, 0.15) is 0 Å². The molecule has 5 heteroatoms. The molecule has 5 nitrogen and oxygen atoms in total. The first-order valence-electron chi connectivity index (χ1n) is 17.8. The van der Waals surface area contributed by atoms with Crippen LogP contribution < -0.4 is 0 Å². The van der Waals surface area contributed by atoms with Crippen LogP contribution in [0, 0.1) is 0 Å². The van der Waals surface area contributed by atoms with E-state index in [9.17, 15) is 19.8 Å². The molecule has 0 aromatic heterocycles. The van der Waals surface area contributed by atoms with E-state index in [1.54, 1.807) is 0 Å². The van der Waals surface area contributed by atoms with E-state index in [0.717, 1.165) is 51.4 Å². The molecular formula is C36H68O5. The molecule has 0 aliphatic heterocycles. The highest BCUT2D eigenvalue weighted by Gasteiger charge is 2.36. The third kappa shape index (κ3) is 28.7. The predicted molar refractivity (Wildman–Crippen MR) is 173 cm³/mol. The molecule has 0 saturated heterocycles. The Bertz CT molecular complexity index is 613. The minimum Gasteiger partial charge on any atom is -0.389 e. The highest BCUT2D eigenvalue weighted by atomic mass is 16.6. The molecule has 0 aliphatic rings. The van der Waals surface area contributed by atoms with Gasteiger partial charge in [-0.15, -0.1) is 0 Å². The molecule has 0 saturated carbocycles. The van der Waals surface area contributed by atoms with Crippen LogP contribution in [0.5, 0.6) is 0 Å². The Labute approximate surface area is 254 Å². The van der Waals surface area contributed by atoms with Crippen molar-refractivity contribution in [3.05, 3.63) is 12.2 Å². The third-order valence-corrected chi connectivity index (χ3v) is 8.06. The Morgan fingerprint density at radius 3 is 1.27 bits per heavy atom. The Morgan fingerprint density at radius 1 is 0.512 bits per heavy atom. The monoisotopic (exact) mass is 581 g/mol. The molecule has 0 radical (unpaired) electrons. The number of esters is 2. The average molecular weight is 581 g/mol. The zero-order valence-electron chi connectivity index (χ0n) is 27.3. The van der Waals surface area contributed by atoms with Crippen LogP contribution in [0.4, 0.5) is 0 Å². The fourth-order valence-corrected chi connectivity index (χ4v) is 5.24. The zero-order chi connectivity index (χ0) is 30.3. The van der Waals surface area contributed by atoms with Gasteiger partial charge in [0.05, 0.1) is 0 Å². The molecule has 0 bridgehead atoms. The van der Waals surface area contributed by atoms with Crippen molar-refractivity contribution >= 4 is 11.9 Å². The second-order valence-corrected chi connectivity index (χ2v) is 12.3. The van der Waals surface area contributed by atoms with Gasteiger partial charge in [0.15, 0.2) is 0 Å². The number of hydrogen-bond donors (Lipinski definition) is 2. The molecular weight excluding hydrogens is 512 g/mol. The van der Waals surface area contributed by atoms with Crippen LogP contribution in [-0.2, 0) is 14.3 Å². The smallest absolute Gasteiger partial charge is 0.374 e. The standard InChI is InChI=1S/C36H68O5/c1-3-5-7-9-11-13-15-17-19-20-22-24-26-28-30-32-34(37)41-35(38)36(39,40)33-31-29-27-25-23-21-18-16-14-12-10-8-6-4-2/h17,19,39-40H,3-16,18,20-33H2,1-2H3/b19-17-. The SMILES string of the molecule is CCCCCCCC/C=C\CCCCCCCC(=O)OC(=O)C(O)(O)CCCCCCCCCCCCCCCC. The molecule has 41 heavy (non-hydrogen) atoms. The highest BCUT2D eigenvalue weighted by molar-refractivity contribution is 5.89. The first kappa shape index (κ1) is 39.8. The molecule has 0 atom stereocenters. The molecule has 0 aromatic rings. The van der Waals surface area contributed by atoms with Gasteiger partial charge in [-0.2, -0.15) is 0 Å². The second kappa shape index (κ2) is 30.3. The van der Waals surface area contributed by atoms with Crippen molar-refractivity contribution in [3.8, 4) is 0 Å². The molecule has 2 N–H and O–H groups in total. The second-order valence-electron chi connectivity index (χ2n) is 12.3. The van der Waals surface area contributed by atoms with Gasteiger partial charge in [-0.3, -0.25) is 4.79 Å². The topological polar surface area (TPSA) is 83.8 Å². The van der Waals surface area contributed by atoms with E-state index in [4.69, 9.17) is 4.74 Å². The quantitative estimate of drug-likeness (QED) is 0.0280. The lowest BCUT2D eigenvalue weighted by Crippen LogP contribution is -2.40. The van der Waals surface area contributed by atoms with Gasteiger partial charge in [-0.1, -0.05) is 161 Å². The number of unbranched alkanes of at least 4 members (excludes halogenated alkanes) is 24. The van der Waals surface area contributed by atoms with Crippen molar-refractivity contribution in [1.29, 1.82) is 0 Å². The largest absolute Gasteiger partial charge is 0.389 e. The fourth-order valence-electron chi connectivity index (χ4n) is 5.24. The number of carbonyl (C=O) groups excluding carboxylic acids is 2. The van der Waals surface area contributed by atoms with E-state index < -0.39 is 17.7 Å². The summed E-state index contributed by atoms with van der Waals surface area (Å²) in [6.45, 7) is 4.50. The number of allylic oxidation sites excluding steroid dienone is 2. The van der Waals surface area contributed by atoms with Crippen LogP contribution in [0.25, 0.3) is 0 Å². The molecule has 242 valence electrons. The van der Waals surface area contributed by atoms with E-state index >= 15 is 0 Å². The maximum Gasteiger partial charge on any atom is 0.374 e. The normalized spacial score (nSPS) is 11.9. The molecule has 0 fully saturated rings. The molecule has 0 amide bonds. The van der Waals surface area contributed by atoms with E-state index in [1.807, 2.05) is 0 Å². The summed E-state index contributed by atoms with van der Waals surface area (Å²) in [4.78, 5) is 24.0. The Kier molecular flexibility index (Phi) is 29.4. The summed E-state index contributed by atoms with van der Waals surface area (Å²) in [7, 11) is 0. The summed E-state index contributed by atoms with van der Waals surface area (Å²) in [5, 5.41) is 20.1. The summed E-state index contributed by atoms with van der Waals surface area (Å²) in [6, 6.07) is 0. The average Bonchev–Trinajstić information content (AvgIpc) is 2.95. The fraction of sp³-hybridized carbons (Fsp3) is 0.889. The van der Waals surface area contributed by atoms with Gasteiger partial charge in [-0.25, -0.2) is 4.79 Å². The summed E-state index contributed by atoms with van der Waals surface area (Å²) >= 11 is 0. The molecule has 0 aromatic carbocycles. The molecule has 0 rings (SSSR count). The van der Waals surface area contributed by atoms with Crippen molar-refractivity contribution < 1.29 is 24.5 Å². The summed E-state index contributed by atoms with van der Waals surface area (Å²) in [5.41, 5.74) is 0. The van der Waals surface area contributed by atoms with Crippen molar-refractivity contribution in [2.75, 3.05) is 0 Å². The highest BCUT2D eigenvalue weighted by Crippen LogP contribution is 2.18. The Balaban J connectivity index is 3.59. The summed E-state index contributed by atoms with van der Waals surface area (Å²) in [5.74, 6) is -4.47. The third-order valence-electron chi connectivity index (χ3n) is 8.06. The van der Waals surface area contributed by atoms with Crippen molar-refractivity contribution in [2.45, 2.75) is 206 Å². The number of aliphatic hydroxyl groups is 2. The number of ether oxygens (including phenoxy) is 1. The molecule has 0 unspecified atom stereocenters. The van der Waals surface area contributed by atoms with Crippen LogP contribution in [0.15, 0.2) is 12.2 Å². The molecule has 0 aliphatic carbocycles. The predicted octanol–water partition coefficient (Wildman–Crippen LogP) is 10.6.